The number of hydrogen-bond acceptors (Lipinski definition) is 4. The number of nitrogens with two attached hydrogens (primary N) is 1. The fourth-order valence-corrected chi connectivity index (χ4v) is 2.63. The van der Waals surface area contributed by atoms with Crippen molar-refractivity contribution < 1.29 is 4.74 Å². The Morgan fingerprint density at radius 3 is 2.95 bits per heavy atom. The van der Waals surface area contributed by atoms with Crippen LogP contribution in [0.5, 0.6) is 0 Å². The van der Waals surface area contributed by atoms with Crippen LogP contribution in [0, 0.1) is 5.41 Å². The standard InChI is InChI=1S/C15H18N4O/c16-15(17)12-10-18-13-5-2-1-4-11(13)14(12)19-6-3-8-20-9-7-19/h1-2,4-5,10H,3,6-9H2,(H3,16,17). The number of pyridine rings is 1. The molecule has 104 valence electrons. The zero-order valence-corrected chi connectivity index (χ0v) is 11.3. The van der Waals surface area contributed by atoms with Crippen LogP contribution in [0.1, 0.15) is 12.0 Å². The molecular formula is C15H18N4O. The summed E-state index contributed by atoms with van der Waals surface area (Å²) in [5.74, 6) is 0.0587. The van der Waals surface area contributed by atoms with E-state index in [-0.39, 0.29) is 5.84 Å². The van der Waals surface area contributed by atoms with Crippen molar-refractivity contribution in [3.05, 3.63) is 36.0 Å². The average molecular weight is 270 g/mol. The van der Waals surface area contributed by atoms with Gasteiger partial charge in [0.2, 0.25) is 0 Å². The molecule has 0 aliphatic carbocycles. The maximum Gasteiger partial charge on any atom is 0.126 e. The van der Waals surface area contributed by atoms with Crippen molar-refractivity contribution in [1.29, 1.82) is 5.41 Å². The van der Waals surface area contributed by atoms with Crippen molar-refractivity contribution in [2.45, 2.75) is 6.42 Å². The Morgan fingerprint density at radius 2 is 2.10 bits per heavy atom. The van der Waals surface area contributed by atoms with E-state index in [1.807, 2.05) is 24.3 Å². The van der Waals surface area contributed by atoms with Gasteiger partial charge < -0.3 is 15.4 Å². The third kappa shape index (κ3) is 2.32. The summed E-state index contributed by atoms with van der Waals surface area (Å²) in [6.45, 7) is 3.21. The summed E-state index contributed by atoms with van der Waals surface area (Å²) in [7, 11) is 0. The van der Waals surface area contributed by atoms with Crippen molar-refractivity contribution in [3.8, 4) is 0 Å². The fraction of sp³-hybridized carbons (Fsp3) is 0.333. The highest BCUT2D eigenvalue weighted by Crippen LogP contribution is 2.30. The number of rotatable bonds is 2. The smallest absolute Gasteiger partial charge is 0.126 e. The largest absolute Gasteiger partial charge is 0.384 e. The van der Waals surface area contributed by atoms with Gasteiger partial charge in [0.1, 0.15) is 5.84 Å². The second-order valence-electron chi connectivity index (χ2n) is 4.90. The molecule has 2 heterocycles. The fourth-order valence-electron chi connectivity index (χ4n) is 2.63. The topological polar surface area (TPSA) is 75.2 Å². The lowest BCUT2D eigenvalue weighted by atomic mass is 10.1. The van der Waals surface area contributed by atoms with Gasteiger partial charge in [0.15, 0.2) is 0 Å². The highest BCUT2D eigenvalue weighted by Gasteiger charge is 2.18. The van der Waals surface area contributed by atoms with Crippen molar-refractivity contribution in [2.75, 3.05) is 31.2 Å². The Bertz CT molecular complexity index is 633. The summed E-state index contributed by atoms with van der Waals surface area (Å²) >= 11 is 0. The van der Waals surface area contributed by atoms with Gasteiger partial charge in [0.05, 0.1) is 23.4 Å². The molecule has 0 spiro atoms. The van der Waals surface area contributed by atoms with Crippen LogP contribution < -0.4 is 10.6 Å². The maximum atomic E-state index is 7.80. The number of anilines is 1. The van der Waals surface area contributed by atoms with Crippen LogP contribution in [-0.4, -0.2) is 37.1 Å². The Balaban J connectivity index is 2.18. The van der Waals surface area contributed by atoms with Crippen LogP contribution in [-0.2, 0) is 4.74 Å². The molecule has 5 nitrogen and oxygen atoms in total. The number of nitrogen functional groups attached to an aromatic ring is 1. The van der Waals surface area contributed by atoms with Gasteiger partial charge in [0.25, 0.3) is 0 Å². The van der Waals surface area contributed by atoms with E-state index in [1.165, 1.54) is 0 Å². The zero-order chi connectivity index (χ0) is 13.9. The van der Waals surface area contributed by atoms with Crippen molar-refractivity contribution >= 4 is 22.4 Å². The van der Waals surface area contributed by atoms with Crippen LogP contribution in [0.15, 0.2) is 30.5 Å². The van der Waals surface area contributed by atoms with Gasteiger partial charge in [-0.3, -0.25) is 10.4 Å². The number of para-hydroxylation sites is 1. The van der Waals surface area contributed by atoms with Crippen molar-refractivity contribution in [2.24, 2.45) is 5.73 Å². The predicted molar refractivity (Wildman–Crippen MR) is 80.4 cm³/mol. The Morgan fingerprint density at radius 1 is 1.25 bits per heavy atom. The molecule has 0 bridgehead atoms. The van der Waals surface area contributed by atoms with E-state index in [9.17, 15) is 0 Å². The van der Waals surface area contributed by atoms with Gasteiger partial charge in [-0.15, -0.1) is 0 Å². The van der Waals surface area contributed by atoms with Crippen LogP contribution in [0.2, 0.25) is 0 Å². The second-order valence-corrected chi connectivity index (χ2v) is 4.90. The highest BCUT2D eigenvalue weighted by molar-refractivity contribution is 6.07. The average Bonchev–Trinajstić information content (AvgIpc) is 2.74. The molecule has 0 saturated carbocycles. The van der Waals surface area contributed by atoms with Gasteiger partial charge in [-0.2, -0.15) is 0 Å². The number of aromatic nitrogens is 1. The molecule has 1 aromatic heterocycles. The highest BCUT2D eigenvalue weighted by atomic mass is 16.5. The molecular weight excluding hydrogens is 252 g/mol. The van der Waals surface area contributed by atoms with Gasteiger partial charge in [-0.25, -0.2) is 0 Å². The first-order valence-corrected chi connectivity index (χ1v) is 6.82. The van der Waals surface area contributed by atoms with E-state index < -0.39 is 0 Å². The first kappa shape index (κ1) is 12.9. The first-order valence-electron chi connectivity index (χ1n) is 6.82. The molecule has 0 atom stereocenters. The summed E-state index contributed by atoms with van der Waals surface area (Å²) in [6, 6.07) is 7.98. The minimum Gasteiger partial charge on any atom is -0.384 e. The number of fused-ring (bicyclic) bond motifs is 1. The monoisotopic (exact) mass is 270 g/mol. The lowest BCUT2D eigenvalue weighted by Gasteiger charge is -2.26. The number of benzene rings is 1. The normalized spacial score (nSPS) is 16.1. The van der Waals surface area contributed by atoms with Crippen molar-refractivity contribution in [3.63, 3.8) is 0 Å². The first-order chi connectivity index (χ1) is 9.77. The molecule has 0 radical (unpaired) electrons. The number of ether oxygens (including phenoxy) is 1. The lowest BCUT2D eigenvalue weighted by Crippen LogP contribution is -2.29. The minimum absolute atomic E-state index is 0.0587. The number of hydrogen-bond donors (Lipinski definition) is 2. The van der Waals surface area contributed by atoms with Gasteiger partial charge in [-0.1, -0.05) is 18.2 Å². The molecule has 1 aliphatic rings. The molecule has 20 heavy (non-hydrogen) atoms. The summed E-state index contributed by atoms with van der Waals surface area (Å²) in [5, 5.41) is 8.85. The molecule has 1 fully saturated rings. The lowest BCUT2D eigenvalue weighted by molar-refractivity contribution is 0.152. The quantitative estimate of drug-likeness (QED) is 0.644. The number of amidine groups is 1. The van der Waals surface area contributed by atoms with Crippen LogP contribution in [0.25, 0.3) is 10.9 Å². The molecule has 5 heteroatoms. The van der Waals surface area contributed by atoms with E-state index in [2.05, 4.69) is 9.88 Å². The third-order valence-electron chi connectivity index (χ3n) is 3.58. The van der Waals surface area contributed by atoms with E-state index in [1.54, 1.807) is 6.20 Å². The van der Waals surface area contributed by atoms with Gasteiger partial charge in [-0.05, 0) is 12.5 Å². The van der Waals surface area contributed by atoms with E-state index in [0.29, 0.717) is 12.2 Å². The summed E-state index contributed by atoms with van der Waals surface area (Å²) in [6.07, 6.45) is 2.68. The van der Waals surface area contributed by atoms with Crippen LogP contribution in [0.3, 0.4) is 0 Å². The van der Waals surface area contributed by atoms with Gasteiger partial charge >= 0.3 is 0 Å². The number of nitrogens with one attached hydrogen (secondary N) is 1. The van der Waals surface area contributed by atoms with Gasteiger partial charge in [0, 0.05) is 31.3 Å². The van der Waals surface area contributed by atoms with Crippen LogP contribution >= 0.6 is 0 Å². The molecule has 0 amide bonds. The summed E-state index contributed by atoms with van der Waals surface area (Å²) < 4.78 is 5.52. The molecule has 1 saturated heterocycles. The summed E-state index contributed by atoms with van der Waals surface area (Å²) in [4.78, 5) is 6.66. The molecule has 1 aliphatic heterocycles. The second kappa shape index (κ2) is 5.46. The molecule has 1 aromatic carbocycles. The Hall–Kier alpha value is -2.14. The third-order valence-corrected chi connectivity index (χ3v) is 3.58. The summed E-state index contributed by atoms with van der Waals surface area (Å²) in [5.41, 5.74) is 8.37. The number of nitrogens with zero attached hydrogens (tertiary/aromatic N) is 2. The van der Waals surface area contributed by atoms with Crippen molar-refractivity contribution in [1.82, 2.24) is 4.98 Å². The Kier molecular flexibility index (Phi) is 3.52. The van der Waals surface area contributed by atoms with E-state index in [4.69, 9.17) is 15.9 Å². The minimum atomic E-state index is 0.0587. The Labute approximate surface area is 117 Å². The zero-order valence-electron chi connectivity index (χ0n) is 11.3. The molecule has 2 aromatic rings. The molecule has 0 unspecified atom stereocenters. The predicted octanol–water partition coefficient (Wildman–Crippen LogP) is 1.75. The molecule has 3 N–H and O–H groups in total. The van der Waals surface area contributed by atoms with E-state index in [0.717, 1.165) is 42.7 Å². The SMILES string of the molecule is N=C(N)c1cnc2ccccc2c1N1CCCOCC1. The van der Waals surface area contributed by atoms with Crippen LogP contribution in [0.4, 0.5) is 5.69 Å². The maximum absolute atomic E-state index is 7.80. The molecule has 3 rings (SSSR count). The van der Waals surface area contributed by atoms with E-state index >= 15 is 0 Å².